The first-order valence-corrected chi connectivity index (χ1v) is 14.5. The minimum atomic E-state index is -0.391. The van der Waals surface area contributed by atoms with Crippen molar-refractivity contribution in [2.24, 2.45) is 0 Å². The maximum Gasteiger partial charge on any atom is 0.330 e. The van der Waals surface area contributed by atoms with Crippen LogP contribution in [0.15, 0.2) is 23.2 Å². The van der Waals surface area contributed by atoms with Gasteiger partial charge >= 0.3 is 6.03 Å². The molecule has 0 saturated heterocycles. The summed E-state index contributed by atoms with van der Waals surface area (Å²) < 4.78 is 10.8. The Kier molecular flexibility index (Phi) is 8.48. The molecular weight excluding hydrogens is 577 g/mol. The summed E-state index contributed by atoms with van der Waals surface area (Å²) in [6.45, 7) is 1.82. The number of urea groups is 1. The molecule has 2 N–H and O–H groups in total. The van der Waals surface area contributed by atoms with Gasteiger partial charge in [-0.15, -0.1) is 11.3 Å². The number of methoxy groups -OCH3 is 2. The number of hydrogen-bond acceptors (Lipinski definition) is 9. The van der Waals surface area contributed by atoms with E-state index >= 15 is 0 Å². The molecule has 11 nitrogen and oxygen atoms in total. The molecule has 1 fully saturated rings. The van der Waals surface area contributed by atoms with E-state index in [0.29, 0.717) is 34.5 Å². The van der Waals surface area contributed by atoms with Crippen LogP contribution in [0.5, 0.6) is 11.5 Å². The Morgan fingerprint density at radius 3 is 2.45 bits per heavy atom. The molecule has 1 aromatic carbocycles. The zero-order valence-corrected chi connectivity index (χ0v) is 24.6. The number of aromatic nitrogens is 3. The van der Waals surface area contributed by atoms with E-state index in [0.717, 1.165) is 25.7 Å². The minimum absolute atomic E-state index is 0.0264. The van der Waals surface area contributed by atoms with E-state index in [1.165, 1.54) is 42.3 Å². The number of halogens is 2. The number of fused-ring (bicyclic) bond motifs is 1. The molecule has 2 aliphatic rings. The molecular formula is C26H29Cl2N7O4S. The van der Waals surface area contributed by atoms with Crippen molar-refractivity contribution in [2.45, 2.75) is 57.8 Å². The van der Waals surface area contributed by atoms with Crippen LogP contribution < -0.4 is 29.9 Å². The molecule has 3 aromatic rings. The van der Waals surface area contributed by atoms with Gasteiger partial charge in [-0.05, 0) is 12.8 Å². The number of amides is 3. The number of carbonyl (C=O) groups is 2. The molecule has 1 aliphatic carbocycles. The van der Waals surface area contributed by atoms with Crippen LogP contribution >= 0.6 is 34.5 Å². The summed E-state index contributed by atoms with van der Waals surface area (Å²) in [6, 6.07) is 1.13. The lowest BCUT2D eigenvalue weighted by Crippen LogP contribution is -2.49. The second-order valence-electron chi connectivity index (χ2n) is 9.58. The van der Waals surface area contributed by atoms with Crippen LogP contribution in [0, 0.1) is 0 Å². The van der Waals surface area contributed by atoms with Crippen molar-refractivity contribution >= 4 is 63.9 Å². The lowest BCUT2D eigenvalue weighted by molar-refractivity contribution is -0.119. The SMILES string of the molecule is COc1cc(OC)c(Cl)c(N2Cc3cnc(N[C@@H]4CCCC[C@@H]4NC(C)=O)nc3N(Cc3cscn3)C2=O)c1Cl. The fourth-order valence-corrected chi connectivity index (χ4v) is 6.35. The van der Waals surface area contributed by atoms with Crippen molar-refractivity contribution in [3.05, 3.63) is 44.5 Å². The molecule has 3 amide bonds. The average molecular weight is 607 g/mol. The molecule has 3 heterocycles. The molecule has 2 aromatic heterocycles. The van der Waals surface area contributed by atoms with E-state index in [4.69, 9.17) is 37.7 Å². The third-order valence-corrected chi connectivity index (χ3v) is 8.35. The van der Waals surface area contributed by atoms with Crippen LogP contribution in [-0.2, 0) is 17.9 Å². The largest absolute Gasteiger partial charge is 0.495 e. The van der Waals surface area contributed by atoms with E-state index in [1.54, 1.807) is 17.8 Å². The molecule has 212 valence electrons. The van der Waals surface area contributed by atoms with Gasteiger partial charge in [-0.1, -0.05) is 36.0 Å². The molecule has 5 rings (SSSR count). The zero-order valence-electron chi connectivity index (χ0n) is 22.2. The van der Waals surface area contributed by atoms with E-state index in [9.17, 15) is 9.59 Å². The topological polar surface area (TPSA) is 122 Å². The van der Waals surface area contributed by atoms with E-state index < -0.39 is 6.03 Å². The number of ether oxygens (including phenoxy) is 2. The van der Waals surface area contributed by atoms with Crippen molar-refractivity contribution in [3.63, 3.8) is 0 Å². The highest BCUT2D eigenvalue weighted by atomic mass is 35.5. The van der Waals surface area contributed by atoms with E-state index in [1.807, 2.05) is 5.38 Å². The maximum absolute atomic E-state index is 14.1. The third kappa shape index (κ3) is 5.61. The Labute approximate surface area is 245 Å². The van der Waals surface area contributed by atoms with Gasteiger partial charge in [0.2, 0.25) is 11.9 Å². The van der Waals surface area contributed by atoms with Gasteiger partial charge in [-0.2, -0.15) is 4.98 Å². The standard InChI is InChI=1S/C26H29Cl2N7O4S/c1-14(36)31-17-6-4-5-7-18(17)32-25-29-9-15-10-34(23-21(27)19(38-2)8-20(39-3)22(23)28)26(37)35(24(15)33-25)11-16-12-40-13-30-16/h8-9,12-13,17-18H,4-7,10-11H2,1-3H3,(H,31,36)(H,29,32,33)/t17-,18+/m0/s1. The Morgan fingerprint density at radius 2 is 1.82 bits per heavy atom. The number of benzene rings is 1. The molecule has 0 spiro atoms. The van der Waals surface area contributed by atoms with Crippen LogP contribution in [0.1, 0.15) is 43.9 Å². The minimum Gasteiger partial charge on any atom is -0.495 e. The predicted molar refractivity (Wildman–Crippen MR) is 155 cm³/mol. The molecule has 1 aliphatic heterocycles. The molecule has 1 saturated carbocycles. The second kappa shape index (κ2) is 12.0. The van der Waals surface area contributed by atoms with E-state index in [2.05, 4.69) is 20.6 Å². The lowest BCUT2D eigenvalue weighted by atomic mass is 9.90. The summed E-state index contributed by atoms with van der Waals surface area (Å²) in [5.74, 6) is 1.40. The predicted octanol–water partition coefficient (Wildman–Crippen LogP) is 5.26. The van der Waals surface area contributed by atoms with Crippen LogP contribution in [0.3, 0.4) is 0 Å². The summed E-state index contributed by atoms with van der Waals surface area (Å²) in [5, 5.41) is 8.66. The van der Waals surface area contributed by atoms with E-state index in [-0.39, 0.29) is 46.8 Å². The van der Waals surface area contributed by atoms with Gasteiger partial charge in [-0.3, -0.25) is 14.6 Å². The average Bonchev–Trinajstić information content (AvgIpc) is 3.45. The van der Waals surface area contributed by atoms with Crippen molar-refractivity contribution in [1.82, 2.24) is 20.3 Å². The number of thiazole rings is 1. The van der Waals surface area contributed by atoms with Crippen LogP contribution in [0.2, 0.25) is 10.0 Å². The van der Waals surface area contributed by atoms with Gasteiger partial charge in [0.05, 0.1) is 44.2 Å². The van der Waals surface area contributed by atoms with Crippen LogP contribution in [0.4, 0.5) is 22.2 Å². The highest BCUT2D eigenvalue weighted by Gasteiger charge is 2.37. The normalized spacial score (nSPS) is 18.8. The fourth-order valence-electron chi connectivity index (χ4n) is 5.09. The maximum atomic E-state index is 14.1. The van der Waals surface area contributed by atoms with Crippen molar-refractivity contribution in [1.29, 1.82) is 0 Å². The summed E-state index contributed by atoms with van der Waals surface area (Å²) in [6.07, 6.45) is 5.51. The number of rotatable bonds is 8. The first kappa shape index (κ1) is 28.2. The Balaban J connectivity index is 1.53. The Bertz CT molecular complexity index is 1380. The van der Waals surface area contributed by atoms with Crippen molar-refractivity contribution < 1.29 is 19.1 Å². The molecule has 0 unspecified atom stereocenters. The summed E-state index contributed by atoms with van der Waals surface area (Å²) in [7, 11) is 2.96. The molecule has 14 heteroatoms. The van der Waals surface area contributed by atoms with Gasteiger partial charge < -0.3 is 20.1 Å². The third-order valence-electron chi connectivity index (χ3n) is 6.98. The highest BCUT2D eigenvalue weighted by molar-refractivity contribution is 7.07. The van der Waals surface area contributed by atoms with Gasteiger partial charge in [-0.25, -0.2) is 14.8 Å². The van der Waals surface area contributed by atoms with Gasteiger partial charge in [0, 0.05) is 42.2 Å². The number of carbonyl (C=O) groups excluding carboxylic acids is 2. The van der Waals surface area contributed by atoms with Crippen LogP contribution in [-0.4, -0.2) is 53.2 Å². The Hall–Kier alpha value is -3.35. The first-order valence-electron chi connectivity index (χ1n) is 12.8. The van der Waals surface area contributed by atoms with Crippen molar-refractivity contribution in [2.75, 3.05) is 29.3 Å². The number of hydrogen-bond donors (Lipinski definition) is 2. The summed E-state index contributed by atoms with van der Waals surface area (Å²) in [4.78, 5) is 42.6. The monoisotopic (exact) mass is 605 g/mol. The van der Waals surface area contributed by atoms with Crippen LogP contribution in [0.25, 0.3) is 0 Å². The smallest absolute Gasteiger partial charge is 0.330 e. The van der Waals surface area contributed by atoms with Gasteiger partial charge in [0.25, 0.3) is 0 Å². The first-order chi connectivity index (χ1) is 19.3. The lowest BCUT2D eigenvalue weighted by Gasteiger charge is -2.37. The number of nitrogens with one attached hydrogen (secondary N) is 2. The zero-order chi connectivity index (χ0) is 28.4. The summed E-state index contributed by atoms with van der Waals surface area (Å²) >= 11 is 14.8. The number of nitrogens with zero attached hydrogens (tertiary/aromatic N) is 5. The summed E-state index contributed by atoms with van der Waals surface area (Å²) in [5.41, 5.74) is 3.37. The fraction of sp³-hybridized carbons (Fsp3) is 0.423. The van der Waals surface area contributed by atoms with Crippen molar-refractivity contribution in [3.8, 4) is 11.5 Å². The highest BCUT2D eigenvalue weighted by Crippen LogP contribution is 2.48. The van der Waals surface area contributed by atoms with Gasteiger partial charge in [0.1, 0.15) is 27.4 Å². The molecule has 0 bridgehead atoms. The molecule has 0 radical (unpaired) electrons. The number of anilines is 3. The quantitative estimate of drug-likeness (QED) is 0.356. The van der Waals surface area contributed by atoms with Gasteiger partial charge in [0.15, 0.2) is 0 Å². The Morgan fingerprint density at radius 1 is 1.12 bits per heavy atom. The second-order valence-corrected chi connectivity index (χ2v) is 11.1. The molecule has 2 atom stereocenters. The molecule has 40 heavy (non-hydrogen) atoms.